The summed E-state index contributed by atoms with van der Waals surface area (Å²) < 4.78 is 0. The lowest BCUT2D eigenvalue weighted by atomic mass is 10.2. The number of hydrogen-bond acceptors (Lipinski definition) is 4. The molecule has 6 heteroatoms. The SMILES string of the molecule is O=C(NCCc1nc2ccccc2[nH]1)c1csc(-c2ccccc2)n1. The summed E-state index contributed by atoms with van der Waals surface area (Å²) in [6.07, 6.45) is 0.649. The highest BCUT2D eigenvalue weighted by molar-refractivity contribution is 7.13. The van der Waals surface area contributed by atoms with E-state index >= 15 is 0 Å². The van der Waals surface area contributed by atoms with E-state index in [1.54, 1.807) is 5.38 Å². The molecule has 0 aliphatic carbocycles. The van der Waals surface area contributed by atoms with Gasteiger partial charge in [0.05, 0.1) is 11.0 Å². The zero-order valence-electron chi connectivity index (χ0n) is 13.4. The molecule has 0 bridgehead atoms. The number of carbonyl (C=O) groups excluding carboxylic acids is 1. The molecule has 2 aromatic carbocycles. The van der Waals surface area contributed by atoms with Gasteiger partial charge < -0.3 is 10.3 Å². The second-order valence-corrected chi connectivity index (χ2v) is 6.47. The molecule has 1 amide bonds. The molecule has 4 aromatic rings. The Kier molecular flexibility index (Phi) is 4.26. The van der Waals surface area contributed by atoms with Crippen LogP contribution in [0.2, 0.25) is 0 Å². The maximum Gasteiger partial charge on any atom is 0.270 e. The van der Waals surface area contributed by atoms with Crippen molar-refractivity contribution in [1.82, 2.24) is 20.3 Å². The number of carbonyl (C=O) groups is 1. The second-order valence-electron chi connectivity index (χ2n) is 5.61. The van der Waals surface area contributed by atoms with Crippen molar-refractivity contribution in [3.8, 4) is 10.6 Å². The lowest BCUT2D eigenvalue weighted by Gasteiger charge is -2.01. The minimum absolute atomic E-state index is 0.158. The quantitative estimate of drug-likeness (QED) is 0.578. The van der Waals surface area contributed by atoms with Crippen molar-refractivity contribution in [2.75, 3.05) is 6.54 Å². The van der Waals surface area contributed by atoms with Crippen LogP contribution in [0.15, 0.2) is 60.0 Å². The molecule has 0 saturated heterocycles. The maximum absolute atomic E-state index is 12.3. The Morgan fingerprint density at radius 2 is 1.84 bits per heavy atom. The molecule has 5 nitrogen and oxygen atoms in total. The van der Waals surface area contributed by atoms with Crippen molar-refractivity contribution in [2.45, 2.75) is 6.42 Å². The van der Waals surface area contributed by atoms with Crippen molar-refractivity contribution < 1.29 is 4.79 Å². The summed E-state index contributed by atoms with van der Waals surface area (Å²) >= 11 is 1.47. The summed E-state index contributed by atoms with van der Waals surface area (Å²) in [6.45, 7) is 0.511. The lowest BCUT2D eigenvalue weighted by molar-refractivity contribution is 0.0950. The van der Waals surface area contributed by atoms with E-state index in [1.165, 1.54) is 11.3 Å². The first kappa shape index (κ1) is 15.5. The van der Waals surface area contributed by atoms with Gasteiger partial charge in [-0.15, -0.1) is 11.3 Å². The molecule has 0 aliphatic heterocycles. The number of hydrogen-bond donors (Lipinski definition) is 2. The molecular weight excluding hydrogens is 332 g/mol. The van der Waals surface area contributed by atoms with Crippen molar-refractivity contribution in [3.05, 3.63) is 71.5 Å². The Morgan fingerprint density at radius 1 is 1.04 bits per heavy atom. The first-order chi connectivity index (χ1) is 12.3. The topological polar surface area (TPSA) is 70.7 Å². The lowest BCUT2D eigenvalue weighted by Crippen LogP contribution is -2.26. The molecule has 0 saturated carbocycles. The number of H-pyrrole nitrogens is 1. The van der Waals surface area contributed by atoms with Crippen LogP contribution >= 0.6 is 11.3 Å². The number of thiazole rings is 1. The molecule has 0 unspecified atom stereocenters. The molecular formula is C19H16N4OS. The van der Waals surface area contributed by atoms with Crippen molar-refractivity contribution in [1.29, 1.82) is 0 Å². The Bertz CT molecular complexity index is 973. The van der Waals surface area contributed by atoms with E-state index in [9.17, 15) is 4.79 Å². The van der Waals surface area contributed by atoms with Crippen LogP contribution in [0, 0.1) is 0 Å². The molecule has 0 aliphatic rings. The number of nitrogens with zero attached hydrogens (tertiary/aromatic N) is 2. The molecule has 2 heterocycles. The number of imidazole rings is 1. The molecule has 4 rings (SSSR count). The van der Waals surface area contributed by atoms with E-state index in [4.69, 9.17) is 0 Å². The Labute approximate surface area is 148 Å². The molecule has 25 heavy (non-hydrogen) atoms. The third-order valence-electron chi connectivity index (χ3n) is 3.84. The summed E-state index contributed by atoms with van der Waals surface area (Å²) in [7, 11) is 0. The van der Waals surface area contributed by atoms with E-state index in [1.807, 2.05) is 54.6 Å². The van der Waals surface area contributed by atoms with Crippen LogP contribution in [0.3, 0.4) is 0 Å². The van der Waals surface area contributed by atoms with Crippen molar-refractivity contribution >= 4 is 28.3 Å². The van der Waals surface area contributed by atoms with E-state index < -0.39 is 0 Å². The van der Waals surface area contributed by atoms with Crippen LogP contribution in [0.1, 0.15) is 16.3 Å². The Balaban J connectivity index is 1.37. The summed E-state index contributed by atoms with van der Waals surface area (Å²) in [6, 6.07) is 17.7. The van der Waals surface area contributed by atoms with Gasteiger partial charge in [-0.25, -0.2) is 9.97 Å². The largest absolute Gasteiger partial charge is 0.350 e. The third kappa shape index (κ3) is 3.44. The number of para-hydroxylation sites is 2. The number of nitrogens with one attached hydrogen (secondary N) is 2. The Hall–Kier alpha value is -2.99. The van der Waals surface area contributed by atoms with Crippen LogP contribution in [0.4, 0.5) is 0 Å². The molecule has 0 radical (unpaired) electrons. The molecule has 124 valence electrons. The standard InChI is InChI=1S/C19H16N4OS/c24-18(16-12-25-19(23-16)13-6-2-1-3-7-13)20-11-10-17-21-14-8-4-5-9-15(14)22-17/h1-9,12H,10-11H2,(H,20,24)(H,21,22). The van der Waals surface area contributed by atoms with Crippen LogP contribution in [-0.4, -0.2) is 27.4 Å². The monoisotopic (exact) mass is 348 g/mol. The average molecular weight is 348 g/mol. The van der Waals surface area contributed by atoms with Gasteiger partial charge >= 0.3 is 0 Å². The Morgan fingerprint density at radius 3 is 2.68 bits per heavy atom. The van der Waals surface area contributed by atoms with Crippen LogP contribution in [0.25, 0.3) is 21.6 Å². The van der Waals surface area contributed by atoms with Gasteiger partial charge in [0, 0.05) is 23.9 Å². The first-order valence-corrected chi connectivity index (χ1v) is 8.90. The van der Waals surface area contributed by atoms with Crippen molar-refractivity contribution in [3.63, 3.8) is 0 Å². The van der Waals surface area contributed by atoms with Crippen LogP contribution < -0.4 is 5.32 Å². The summed E-state index contributed by atoms with van der Waals surface area (Å²) in [4.78, 5) is 24.4. The van der Waals surface area contributed by atoms with Gasteiger partial charge in [-0.3, -0.25) is 4.79 Å². The number of benzene rings is 2. The predicted molar refractivity (Wildman–Crippen MR) is 99.7 cm³/mol. The normalized spacial score (nSPS) is 10.9. The van der Waals surface area contributed by atoms with Gasteiger partial charge in [0.25, 0.3) is 5.91 Å². The fourth-order valence-corrected chi connectivity index (χ4v) is 3.41. The summed E-state index contributed by atoms with van der Waals surface area (Å²) in [5.41, 5.74) is 3.42. The number of aromatic nitrogens is 3. The first-order valence-electron chi connectivity index (χ1n) is 8.02. The molecule has 0 atom stereocenters. The van der Waals surface area contributed by atoms with Gasteiger partial charge in [-0.05, 0) is 12.1 Å². The highest BCUT2D eigenvalue weighted by Gasteiger charge is 2.11. The van der Waals surface area contributed by atoms with Gasteiger partial charge in [0.2, 0.25) is 0 Å². The molecule has 0 fully saturated rings. The molecule has 2 N–H and O–H groups in total. The van der Waals surface area contributed by atoms with Crippen LogP contribution in [0.5, 0.6) is 0 Å². The van der Waals surface area contributed by atoms with Gasteiger partial charge in [-0.1, -0.05) is 42.5 Å². The zero-order chi connectivity index (χ0) is 17.1. The zero-order valence-corrected chi connectivity index (χ0v) is 14.2. The van der Waals surface area contributed by atoms with E-state index in [0.29, 0.717) is 18.7 Å². The number of amides is 1. The maximum atomic E-state index is 12.3. The summed E-state index contributed by atoms with van der Waals surface area (Å²) in [5, 5.41) is 5.54. The van der Waals surface area contributed by atoms with E-state index in [2.05, 4.69) is 20.3 Å². The van der Waals surface area contributed by atoms with Gasteiger partial charge in [0.15, 0.2) is 0 Å². The highest BCUT2D eigenvalue weighted by atomic mass is 32.1. The minimum atomic E-state index is -0.158. The third-order valence-corrected chi connectivity index (χ3v) is 4.73. The number of fused-ring (bicyclic) bond motifs is 1. The molecule has 0 spiro atoms. The number of rotatable bonds is 5. The highest BCUT2D eigenvalue weighted by Crippen LogP contribution is 2.23. The fraction of sp³-hybridized carbons (Fsp3) is 0.105. The van der Waals surface area contributed by atoms with Gasteiger partial charge in [0.1, 0.15) is 16.5 Å². The fourth-order valence-electron chi connectivity index (χ4n) is 2.60. The minimum Gasteiger partial charge on any atom is -0.350 e. The predicted octanol–water partition coefficient (Wildman–Crippen LogP) is 3.66. The van der Waals surface area contributed by atoms with Crippen molar-refractivity contribution in [2.24, 2.45) is 0 Å². The van der Waals surface area contributed by atoms with E-state index in [-0.39, 0.29) is 5.91 Å². The number of aromatic amines is 1. The van der Waals surface area contributed by atoms with Gasteiger partial charge in [-0.2, -0.15) is 0 Å². The second kappa shape index (κ2) is 6.86. The molecule has 2 aromatic heterocycles. The summed E-state index contributed by atoms with van der Waals surface area (Å²) in [5.74, 6) is 0.708. The van der Waals surface area contributed by atoms with Crippen LogP contribution in [-0.2, 0) is 6.42 Å². The van der Waals surface area contributed by atoms with E-state index in [0.717, 1.165) is 27.4 Å². The smallest absolute Gasteiger partial charge is 0.270 e. The average Bonchev–Trinajstić information content (AvgIpc) is 3.29.